The van der Waals surface area contributed by atoms with Crippen LogP contribution in [-0.4, -0.2) is 18.4 Å². The molecule has 0 N–H and O–H groups in total. The number of hydrogen-bond acceptors (Lipinski definition) is 4. The molecule has 0 spiro atoms. The van der Waals surface area contributed by atoms with Gasteiger partial charge in [0.05, 0.1) is 17.0 Å². The van der Waals surface area contributed by atoms with Crippen molar-refractivity contribution in [3.63, 3.8) is 0 Å². The Kier molecular flexibility index (Phi) is 5.92. The predicted molar refractivity (Wildman–Crippen MR) is 100 cm³/mol. The smallest absolute Gasteiger partial charge is 0.338 e. The van der Waals surface area contributed by atoms with Crippen LogP contribution in [0.4, 0.5) is 0 Å². The van der Waals surface area contributed by atoms with Crippen molar-refractivity contribution < 1.29 is 18.9 Å². The lowest BCUT2D eigenvalue weighted by Gasteiger charge is -2.03. The van der Waals surface area contributed by atoms with Crippen LogP contribution in [0, 0.1) is 6.92 Å². The van der Waals surface area contributed by atoms with E-state index >= 15 is 0 Å². The number of ether oxygens (including phenoxy) is 1. The first kappa shape index (κ1) is 18.0. The molecule has 0 atom stereocenters. The quantitative estimate of drug-likeness (QED) is 0.364. The van der Waals surface area contributed by atoms with Crippen LogP contribution in [0.1, 0.15) is 31.3 Å². The third-order valence-corrected chi connectivity index (χ3v) is 5.28. The molecule has 1 aromatic heterocycles. The highest BCUT2D eigenvalue weighted by Crippen LogP contribution is 2.13. The van der Waals surface area contributed by atoms with Gasteiger partial charge in [-0.25, -0.2) is 4.79 Å². The monoisotopic (exact) mass is 366 g/mol. The zero-order valence-electron chi connectivity index (χ0n) is 14.6. The van der Waals surface area contributed by atoms with Crippen molar-refractivity contribution in [2.75, 3.05) is 6.61 Å². The van der Waals surface area contributed by atoms with Gasteiger partial charge in [0.2, 0.25) is 17.8 Å². The van der Waals surface area contributed by atoms with Gasteiger partial charge in [-0.15, -0.1) is 0 Å². The lowest BCUT2D eigenvalue weighted by atomic mass is 10.1. The summed E-state index contributed by atoms with van der Waals surface area (Å²) in [6, 6.07) is 18.2. The maximum atomic E-state index is 12.4. The standard InChI is InChI=1S/C21H20NO3S/c1-16-20(12-13-25-21(24)18-10-6-3-7-11-18)26-15-22(16)14-19(23)17-8-4-2-5-9-17/h2-11,15H,12-14H2,1H3/q+1. The number of carbonyl (C=O) groups excluding carboxylic acids is 2. The molecule has 4 nitrogen and oxygen atoms in total. The summed E-state index contributed by atoms with van der Waals surface area (Å²) in [5.41, 5.74) is 4.25. The number of nitrogens with zero attached hydrogens (tertiary/aromatic N) is 1. The first-order valence-corrected chi connectivity index (χ1v) is 9.30. The zero-order valence-corrected chi connectivity index (χ0v) is 15.4. The summed E-state index contributed by atoms with van der Waals surface area (Å²) < 4.78 is 7.29. The molecule has 3 rings (SSSR count). The topological polar surface area (TPSA) is 47.2 Å². The molecule has 0 bridgehead atoms. The number of rotatable bonds is 7. The van der Waals surface area contributed by atoms with Crippen molar-refractivity contribution >= 4 is 23.1 Å². The van der Waals surface area contributed by atoms with Gasteiger partial charge in [0, 0.05) is 18.9 Å². The fourth-order valence-electron chi connectivity index (χ4n) is 2.61. The lowest BCUT2D eigenvalue weighted by Crippen LogP contribution is -2.38. The van der Waals surface area contributed by atoms with Gasteiger partial charge in [-0.1, -0.05) is 59.9 Å². The summed E-state index contributed by atoms with van der Waals surface area (Å²) in [5.74, 6) is -0.231. The van der Waals surface area contributed by atoms with Crippen molar-refractivity contribution in [3.05, 3.63) is 87.9 Å². The van der Waals surface area contributed by atoms with Crippen LogP contribution < -0.4 is 4.57 Å². The largest absolute Gasteiger partial charge is 0.462 e. The van der Waals surface area contributed by atoms with Crippen LogP contribution >= 0.6 is 11.3 Å². The van der Waals surface area contributed by atoms with Crippen molar-refractivity contribution in [3.8, 4) is 0 Å². The fourth-order valence-corrected chi connectivity index (χ4v) is 3.59. The fraction of sp³-hybridized carbons (Fsp3) is 0.190. The molecule has 132 valence electrons. The molecular weight excluding hydrogens is 346 g/mol. The summed E-state index contributed by atoms with van der Waals surface area (Å²) in [6.45, 7) is 2.63. The Morgan fingerprint density at radius 1 is 0.962 bits per heavy atom. The molecule has 0 radical (unpaired) electrons. The second kappa shape index (κ2) is 8.54. The summed E-state index contributed by atoms with van der Waals surface area (Å²) in [7, 11) is 0. The molecule has 2 aromatic carbocycles. The predicted octanol–water partition coefficient (Wildman–Crippen LogP) is 3.63. The van der Waals surface area contributed by atoms with Gasteiger partial charge in [0.15, 0.2) is 5.69 Å². The molecule has 0 saturated heterocycles. The van der Waals surface area contributed by atoms with Crippen LogP contribution in [0.15, 0.2) is 66.2 Å². The normalized spacial score (nSPS) is 10.5. The highest BCUT2D eigenvalue weighted by atomic mass is 32.1. The van der Waals surface area contributed by atoms with Gasteiger partial charge in [-0.3, -0.25) is 4.79 Å². The third kappa shape index (κ3) is 4.43. The van der Waals surface area contributed by atoms with E-state index in [9.17, 15) is 9.59 Å². The molecule has 0 aliphatic heterocycles. The Hall–Kier alpha value is -2.79. The maximum Gasteiger partial charge on any atom is 0.338 e. The molecule has 1 heterocycles. The maximum absolute atomic E-state index is 12.4. The van der Waals surface area contributed by atoms with Gasteiger partial charge in [-0.05, 0) is 12.1 Å². The lowest BCUT2D eigenvalue weighted by molar-refractivity contribution is -0.684. The summed E-state index contributed by atoms with van der Waals surface area (Å²) in [4.78, 5) is 25.4. The summed E-state index contributed by atoms with van der Waals surface area (Å²) in [5, 5.41) is 0. The van der Waals surface area contributed by atoms with E-state index in [0.29, 0.717) is 30.7 Å². The first-order valence-electron chi connectivity index (χ1n) is 8.42. The van der Waals surface area contributed by atoms with Crippen molar-refractivity contribution in [1.29, 1.82) is 0 Å². The zero-order chi connectivity index (χ0) is 18.4. The van der Waals surface area contributed by atoms with Crippen molar-refractivity contribution in [2.45, 2.75) is 19.9 Å². The average Bonchev–Trinajstić information content (AvgIpc) is 3.03. The van der Waals surface area contributed by atoms with Gasteiger partial charge in [-0.2, -0.15) is 4.57 Å². The number of carbonyl (C=O) groups is 2. The van der Waals surface area contributed by atoms with E-state index in [1.54, 1.807) is 23.5 Å². The van der Waals surface area contributed by atoms with E-state index in [0.717, 1.165) is 10.6 Å². The molecule has 0 saturated carbocycles. The van der Waals surface area contributed by atoms with E-state index in [2.05, 4.69) is 0 Å². The third-order valence-electron chi connectivity index (χ3n) is 4.14. The van der Waals surface area contributed by atoms with Crippen molar-refractivity contribution in [1.82, 2.24) is 0 Å². The highest BCUT2D eigenvalue weighted by molar-refractivity contribution is 7.09. The SMILES string of the molecule is Cc1c(CCOC(=O)c2ccccc2)sc[n+]1CC(=O)c1ccccc1. The molecule has 0 aliphatic rings. The Labute approximate surface area is 156 Å². The Morgan fingerprint density at radius 2 is 1.58 bits per heavy atom. The molecular formula is C21H20NO3S+. The van der Waals surface area contributed by atoms with E-state index in [1.165, 1.54) is 0 Å². The number of Topliss-reactive ketones (excluding diaryl/α,β-unsaturated/α-hetero) is 1. The van der Waals surface area contributed by atoms with Gasteiger partial charge >= 0.3 is 5.97 Å². The Bertz CT molecular complexity index is 888. The highest BCUT2D eigenvalue weighted by Gasteiger charge is 2.19. The number of thiazole rings is 1. The minimum absolute atomic E-state index is 0.0820. The van der Waals surface area contributed by atoms with Crippen LogP contribution in [0.25, 0.3) is 0 Å². The second-order valence-electron chi connectivity index (χ2n) is 5.90. The number of benzene rings is 2. The molecule has 26 heavy (non-hydrogen) atoms. The summed E-state index contributed by atoms with van der Waals surface area (Å²) >= 11 is 1.58. The number of hydrogen-bond donors (Lipinski definition) is 0. The van der Waals surface area contributed by atoms with Crippen molar-refractivity contribution in [2.24, 2.45) is 0 Å². The number of ketones is 1. The number of esters is 1. The van der Waals surface area contributed by atoms with Crippen LogP contribution in [0.5, 0.6) is 0 Å². The average molecular weight is 366 g/mol. The minimum atomic E-state index is -0.313. The van der Waals surface area contributed by atoms with Gasteiger partial charge in [0.25, 0.3) is 0 Å². The molecule has 0 aliphatic carbocycles. The molecule has 0 unspecified atom stereocenters. The van der Waals surface area contributed by atoms with E-state index < -0.39 is 0 Å². The second-order valence-corrected chi connectivity index (χ2v) is 6.84. The first-order chi connectivity index (χ1) is 12.6. The van der Waals surface area contributed by atoms with Crippen LogP contribution in [-0.2, 0) is 17.7 Å². The molecule has 0 amide bonds. The Morgan fingerprint density at radius 3 is 2.23 bits per heavy atom. The molecule has 5 heteroatoms. The van der Waals surface area contributed by atoms with Crippen LogP contribution in [0.2, 0.25) is 0 Å². The van der Waals surface area contributed by atoms with E-state index in [4.69, 9.17) is 4.74 Å². The van der Waals surface area contributed by atoms with Gasteiger partial charge in [0.1, 0.15) is 0 Å². The Balaban J connectivity index is 1.56. The van der Waals surface area contributed by atoms with E-state index in [-0.39, 0.29) is 11.8 Å². The van der Waals surface area contributed by atoms with Gasteiger partial charge < -0.3 is 4.74 Å². The summed E-state index contributed by atoms with van der Waals surface area (Å²) in [6.07, 6.45) is 0.640. The number of aromatic nitrogens is 1. The molecule has 0 fully saturated rings. The minimum Gasteiger partial charge on any atom is -0.462 e. The van der Waals surface area contributed by atoms with E-state index in [1.807, 2.05) is 65.5 Å². The molecule has 3 aromatic rings. The van der Waals surface area contributed by atoms with Crippen LogP contribution in [0.3, 0.4) is 0 Å².